The second kappa shape index (κ2) is 5.72. The van der Waals surface area contributed by atoms with Crippen molar-refractivity contribution in [2.45, 2.75) is 12.5 Å². The van der Waals surface area contributed by atoms with Crippen LogP contribution in [0, 0.1) is 5.92 Å². The van der Waals surface area contributed by atoms with E-state index >= 15 is 0 Å². The predicted octanol–water partition coefficient (Wildman–Crippen LogP) is 1.59. The highest BCUT2D eigenvalue weighted by molar-refractivity contribution is 6.34. The highest BCUT2D eigenvalue weighted by atomic mass is 35.5. The lowest BCUT2D eigenvalue weighted by Crippen LogP contribution is -2.39. The van der Waals surface area contributed by atoms with Crippen LogP contribution < -0.4 is 5.32 Å². The van der Waals surface area contributed by atoms with Crippen molar-refractivity contribution in [1.29, 1.82) is 0 Å². The van der Waals surface area contributed by atoms with Gasteiger partial charge in [-0.2, -0.15) is 0 Å². The van der Waals surface area contributed by atoms with Crippen LogP contribution in [0.3, 0.4) is 0 Å². The fourth-order valence-electron chi connectivity index (χ4n) is 2.32. The standard InChI is InChI=1S/C14H17ClN2O2/c1-17(2)14(19)12-7-9(8-16-12)13(18)10-5-3-4-6-11(10)15/h3-6,9,12,16H,7-8H2,1-2H3. The van der Waals surface area contributed by atoms with Crippen LogP contribution in [-0.4, -0.2) is 43.3 Å². The minimum atomic E-state index is -0.272. The third-order valence-electron chi connectivity index (χ3n) is 3.38. The summed E-state index contributed by atoms with van der Waals surface area (Å²) in [6.45, 7) is 0.522. The summed E-state index contributed by atoms with van der Waals surface area (Å²) in [6.07, 6.45) is 0.529. The normalized spacial score (nSPS) is 22.3. The van der Waals surface area contributed by atoms with Crippen molar-refractivity contribution in [1.82, 2.24) is 10.2 Å². The molecule has 1 aromatic rings. The van der Waals surface area contributed by atoms with Gasteiger partial charge in [-0.05, 0) is 18.6 Å². The third-order valence-corrected chi connectivity index (χ3v) is 3.71. The van der Waals surface area contributed by atoms with E-state index in [9.17, 15) is 9.59 Å². The van der Waals surface area contributed by atoms with E-state index in [-0.39, 0.29) is 23.7 Å². The number of nitrogens with zero attached hydrogens (tertiary/aromatic N) is 1. The molecule has 2 atom stereocenters. The molecule has 4 nitrogen and oxygen atoms in total. The van der Waals surface area contributed by atoms with Crippen LogP contribution in [0.1, 0.15) is 16.8 Å². The SMILES string of the molecule is CN(C)C(=O)C1CC(C(=O)c2ccccc2Cl)CN1. The zero-order chi connectivity index (χ0) is 14.0. The van der Waals surface area contributed by atoms with Crippen molar-refractivity contribution < 1.29 is 9.59 Å². The number of hydrogen-bond acceptors (Lipinski definition) is 3. The molecule has 1 aliphatic rings. The average Bonchev–Trinajstić information content (AvgIpc) is 2.87. The number of likely N-dealkylation sites (N-methyl/N-ethyl adjacent to an activating group) is 1. The zero-order valence-electron chi connectivity index (χ0n) is 11.0. The maximum atomic E-state index is 12.4. The van der Waals surface area contributed by atoms with Crippen molar-refractivity contribution >= 4 is 23.3 Å². The third kappa shape index (κ3) is 2.96. The van der Waals surface area contributed by atoms with Crippen LogP contribution >= 0.6 is 11.6 Å². The number of Topliss-reactive ketones (excluding diaryl/α,β-unsaturated/α-hetero) is 1. The first-order valence-corrected chi connectivity index (χ1v) is 6.61. The van der Waals surface area contributed by atoms with Gasteiger partial charge in [0.15, 0.2) is 5.78 Å². The van der Waals surface area contributed by atoms with Crippen LogP contribution in [0.5, 0.6) is 0 Å². The summed E-state index contributed by atoms with van der Waals surface area (Å²) in [4.78, 5) is 25.7. The molecule has 19 heavy (non-hydrogen) atoms. The first kappa shape index (κ1) is 14.0. The molecule has 1 heterocycles. The van der Waals surface area contributed by atoms with E-state index in [4.69, 9.17) is 11.6 Å². The van der Waals surface area contributed by atoms with E-state index in [1.165, 1.54) is 0 Å². The molecule has 1 saturated heterocycles. The Bertz CT molecular complexity index is 502. The molecule has 0 aliphatic carbocycles. The monoisotopic (exact) mass is 280 g/mol. The summed E-state index contributed by atoms with van der Waals surface area (Å²) in [5, 5.41) is 3.57. The van der Waals surface area contributed by atoms with Gasteiger partial charge in [0, 0.05) is 32.1 Å². The molecule has 0 aromatic heterocycles. The number of carbonyl (C=O) groups is 2. The van der Waals surface area contributed by atoms with Crippen molar-refractivity contribution in [3.63, 3.8) is 0 Å². The Hall–Kier alpha value is -1.39. The van der Waals surface area contributed by atoms with E-state index in [0.717, 1.165) is 0 Å². The number of hydrogen-bond donors (Lipinski definition) is 1. The Balaban J connectivity index is 2.07. The number of ketones is 1. The van der Waals surface area contributed by atoms with Crippen LogP contribution in [0.25, 0.3) is 0 Å². The maximum absolute atomic E-state index is 12.4. The van der Waals surface area contributed by atoms with E-state index in [1.54, 1.807) is 43.3 Å². The van der Waals surface area contributed by atoms with Crippen molar-refractivity contribution in [2.24, 2.45) is 5.92 Å². The number of halogens is 1. The summed E-state index contributed by atoms with van der Waals surface area (Å²) in [6, 6.07) is 6.76. The smallest absolute Gasteiger partial charge is 0.239 e. The predicted molar refractivity (Wildman–Crippen MR) is 74.4 cm³/mol. The summed E-state index contributed by atoms with van der Waals surface area (Å²) in [7, 11) is 3.43. The first-order chi connectivity index (χ1) is 9.00. The molecular weight excluding hydrogens is 264 g/mol. The lowest BCUT2D eigenvalue weighted by molar-refractivity contribution is -0.130. The average molecular weight is 281 g/mol. The fraction of sp³-hybridized carbons (Fsp3) is 0.429. The largest absolute Gasteiger partial charge is 0.347 e. The van der Waals surface area contributed by atoms with Crippen molar-refractivity contribution in [3.8, 4) is 0 Å². The fourth-order valence-corrected chi connectivity index (χ4v) is 2.55. The molecule has 0 radical (unpaired) electrons. The van der Waals surface area contributed by atoms with Gasteiger partial charge in [-0.15, -0.1) is 0 Å². The molecule has 1 fully saturated rings. The Kier molecular flexibility index (Phi) is 4.22. The Morgan fingerprint density at radius 3 is 2.63 bits per heavy atom. The van der Waals surface area contributed by atoms with Gasteiger partial charge in [0.1, 0.15) is 0 Å². The molecule has 0 bridgehead atoms. The van der Waals surface area contributed by atoms with E-state index in [1.807, 2.05) is 0 Å². The highest BCUT2D eigenvalue weighted by Crippen LogP contribution is 2.24. The van der Waals surface area contributed by atoms with Crippen LogP contribution in [-0.2, 0) is 4.79 Å². The second-order valence-corrected chi connectivity index (χ2v) is 5.38. The summed E-state index contributed by atoms with van der Waals surface area (Å²) in [5.41, 5.74) is 0.536. The molecule has 1 amide bonds. The van der Waals surface area contributed by atoms with Gasteiger partial charge in [-0.1, -0.05) is 23.7 Å². The second-order valence-electron chi connectivity index (χ2n) is 4.97. The number of rotatable bonds is 3. The van der Waals surface area contributed by atoms with Gasteiger partial charge in [0.2, 0.25) is 5.91 Å². The van der Waals surface area contributed by atoms with Crippen LogP contribution in [0.4, 0.5) is 0 Å². The van der Waals surface area contributed by atoms with Gasteiger partial charge in [-0.25, -0.2) is 0 Å². The first-order valence-electron chi connectivity index (χ1n) is 6.24. The summed E-state index contributed by atoms with van der Waals surface area (Å²) >= 11 is 6.03. The number of benzene rings is 1. The molecule has 2 rings (SSSR count). The molecule has 1 aromatic carbocycles. The van der Waals surface area contributed by atoms with Gasteiger partial charge in [-0.3, -0.25) is 9.59 Å². The minimum Gasteiger partial charge on any atom is -0.347 e. The Morgan fingerprint density at radius 2 is 2.00 bits per heavy atom. The van der Waals surface area contributed by atoms with Crippen molar-refractivity contribution in [3.05, 3.63) is 34.9 Å². The molecule has 0 saturated carbocycles. The zero-order valence-corrected chi connectivity index (χ0v) is 11.8. The van der Waals surface area contributed by atoms with E-state index in [2.05, 4.69) is 5.32 Å². The Labute approximate surface area is 117 Å². The van der Waals surface area contributed by atoms with Gasteiger partial charge < -0.3 is 10.2 Å². The topological polar surface area (TPSA) is 49.4 Å². The lowest BCUT2D eigenvalue weighted by Gasteiger charge is -2.16. The molecule has 5 heteroatoms. The van der Waals surface area contributed by atoms with Crippen LogP contribution in [0.2, 0.25) is 5.02 Å². The van der Waals surface area contributed by atoms with Gasteiger partial charge >= 0.3 is 0 Å². The summed E-state index contributed by atoms with van der Waals surface area (Å²) in [5.74, 6) is -0.171. The molecule has 1 aliphatic heterocycles. The molecule has 2 unspecified atom stereocenters. The molecule has 0 spiro atoms. The number of amides is 1. The molecule has 1 N–H and O–H groups in total. The molecular formula is C14H17ClN2O2. The van der Waals surface area contributed by atoms with Gasteiger partial charge in [0.25, 0.3) is 0 Å². The minimum absolute atomic E-state index is 0.00663. The van der Waals surface area contributed by atoms with Crippen molar-refractivity contribution in [2.75, 3.05) is 20.6 Å². The Morgan fingerprint density at radius 1 is 1.32 bits per heavy atom. The number of carbonyl (C=O) groups excluding carboxylic acids is 2. The highest BCUT2D eigenvalue weighted by Gasteiger charge is 2.34. The van der Waals surface area contributed by atoms with Gasteiger partial charge in [0.05, 0.1) is 11.1 Å². The number of nitrogens with one attached hydrogen (secondary N) is 1. The van der Waals surface area contributed by atoms with E-state index < -0.39 is 0 Å². The lowest BCUT2D eigenvalue weighted by atomic mass is 9.95. The maximum Gasteiger partial charge on any atom is 0.239 e. The van der Waals surface area contributed by atoms with E-state index in [0.29, 0.717) is 23.6 Å². The van der Waals surface area contributed by atoms with Crippen LogP contribution in [0.15, 0.2) is 24.3 Å². The molecule has 102 valence electrons. The summed E-state index contributed by atoms with van der Waals surface area (Å²) < 4.78 is 0. The quantitative estimate of drug-likeness (QED) is 0.856.